The molecular formula is C29H34F2N8O3. The second-order valence-electron chi connectivity index (χ2n) is 10.2. The van der Waals surface area contributed by atoms with Gasteiger partial charge in [0.05, 0.1) is 36.7 Å². The molecule has 2 amide bonds. The SMILES string of the molecule is C=CC(=O)N1CC[C@H](n2nc(C#Cc3c(F)cc4c(ncn4CC)c3F)c(C(N)=O)c2NCCCN2CCOCC2)C1. The summed E-state index contributed by atoms with van der Waals surface area (Å²) in [7, 11) is 0. The van der Waals surface area contributed by atoms with Crippen molar-refractivity contribution < 1.29 is 23.1 Å². The van der Waals surface area contributed by atoms with Gasteiger partial charge in [-0.2, -0.15) is 5.10 Å². The third-order valence-electron chi connectivity index (χ3n) is 7.65. The van der Waals surface area contributed by atoms with Gasteiger partial charge in [0.25, 0.3) is 5.91 Å². The van der Waals surface area contributed by atoms with Crippen LogP contribution in [-0.4, -0.2) is 93.4 Å². The fraction of sp³-hybridized carbons (Fsp3) is 0.448. The van der Waals surface area contributed by atoms with Gasteiger partial charge in [0.15, 0.2) is 11.5 Å². The fourth-order valence-corrected chi connectivity index (χ4v) is 5.41. The van der Waals surface area contributed by atoms with Crippen molar-refractivity contribution in [3.05, 3.63) is 53.5 Å². The predicted octanol–water partition coefficient (Wildman–Crippen LogP) is 2.12. The number of imidazole rings is 1. The van der Waals surface area contributed by atoms with E-state index in [9.17, 15) is 9.59 Å². The van der Waals surface area contributed by atoms with Gasteiger partial charge >= 0.3 is 0 Å². The summed E-state index contributed by atoms with van der Waals surface area (Å²) in [5.41, 5.74) is 5.68. The predicted molar refractivity (Wildman–Crippen MR) is 153 cm³/mol. The Balaban J connectivity index is 1.48. The van der Waals surface area contributed by atoms with Gasteiger partial charge in [0.1, 0.15) is 22.7 Å². The molecule has 2 aliphatic heterocycles. The zero-order valence-corrected chi connectivity index (χ0v) is 23.5. The van der Waals surface area contributed by atoms with E-state index in [-0.39, 0.29) is 28.7 Å². The highest BCUT2D eigenvalue weighted by molar-refractivity contribution is 6.00. The minimum atomic E-state index is -0.888. The van der Waals surface area contributed by atoms with E-state index in [1.54, 1.807) is 14.1 Å². The summed E-state index contributed by atoms with van der Waals surface area (Å²) < 4.78 is 38.9. The standard InChI is InChI=1S/C29H34F2N8O3/c1-3-24(40)38-11-8-19(17-38)39-29(33-9-5-10-36-12-14-42-15-13-36)25(28(32)41)22(35-39)7-6-20-21(30)16-23-27(26(20)31)34-18-37(23)4-2/h3,16,18-19,33H,1,4-5,8-15,17H2,2H3,(H2,32,41)/t19-/m0/s1. The first-order valence-electron chi connectivity index (χ1n) is 14.0. The molecule has 0 spiro atoms. The van der Waals surface area contributed by atoms with Crippen LogP contribution in [0.1, 0.15) is 47.4 Å². The number of hydrogen-bond donors (Lipinski definition) is 2. The number of nitrogens with zero attached hydrogens (tertiary/aromatic N) is 6. The number of hydrogen-bond acceptors (Lipinski definition) is 7. The van der Waals surface area contributed by atoms with Crippen molar-refractivity contribution in [1.82, 2.24) is 29.1 Å². The van der Waals surface area contributed by atoms with Gasteiger partial charge in [-0.3, -0.25) is 14.5 Å². The molecule has 222 valence electrons. The lowest BCUT2D eigenvalue weighted by Gasteiger charge is -2.26. The van der Waals surface area contributed by atoms with Crippen molar-refractivity contribution in [2.24, 2.45) is 5.73 Å². The van der Waals surface area contributed by atoms with Crippen LogP contribution in [0.3, 0.4) is 0 Å². The molecule has 2 fully saturated rings. The molecule has 0 aliphatic carbocycles. The van der Waals surface area contributed by atoms with Gasteiger partial charge in [-0.05, 0) is 38.3 Å². The number of ether oxygens (including phenoxy) is 1. The summed E-state index contributed by atoms with van der Waals surface area (Å²) in [6.45, 7) is 11.2. The molecule has 5 rings (SSSR count). The number of rotatable bonds is 9. The highest BCUT2D eigenvalue weighted by Gasteiger charge is 2.32. The van der Waals surface area contributed by atoms with Crippen LogP contribution in [0.4, 0.5) is 14.6 Å². The smallest absolute Gasteiger partial charge is 0.255 e. The molecule has 4 heterocycles. The number of anilines is 1. The maximum atomic E-state index is 15.3. The molecule has 0 radical (unpaired) electrons. The number of fused-ring (bicyclic) bond motifs is 1. The van der Waals surface area contributed by atoms with E-state index >= 15 is 8.78 Å². The van der Waals surface area contributed by atoms with E-state index in [0.717, 1.165) is 26.1 Å². The van der Waals surface area contributed by atoms with Crippen molar-refractivity contribution in [1.29, 1.82) is 0 Å². The molecule has 42 heavy (non-hydrogen) atoms. The molecule has 11 nitrogen and oxygen atoms in total. The Labute approximate surface area is 242 Å². The zero-order chi connectivity index (χ0) is 29.8. The second kappa shape index (κ2) is 12.7. The van der Waals surface area contributed by atoms with Gasteiger partial charge in [-0.25, -0.2) is 18.4 Å². The normalized spacial score (nSPS) is 17.3. The summed E-state index contributed by atoms with van der Waals surface area (Å²) in [6.07, 6.45) is 4.05. The van der Waals surface area contributed by atoms with Gasteiger partial charge in [-0.15, -0.1) is 0 Å². The minimum Gasteiger partial charge on any atom is -0.379 e. The second-order valence-corrected chi connectivity index (χ2v) is 10.2. The highest BCUT2D eigenvalue weighted by atomic mass is 19.1. The van der Waals surface area contributed by atoms with E-state index in [1.165, 1.54) is 18.5 Å². The van der Waals surface area contributed by atoms with E-state index in [2.05, 4.69) is 38.7 Å². The van der Waals surface area contributed by atoms with E-state index in [1.807, 2.05) is 6.92 Å². The van der Waals surface area contributed by atoms with Gasteiger partial charge in [0.2, 0.25) is 5.91 Å². The summed E-state index contributed by atoms with van der Waals surface area (Å²) in [4.78, 5) is 33.0. The van der Waals surface area contributed by atoms with Crippen LogP contribution in [-0.2, 0) is 16.1 Å². The molecule has 0 bridgehead atoms. The quantitative estimate of drug-likeness (QED) is 0.226. The molecule has 3 aromatic rings. The van der Waals surface area contributed by atoms with E-state index < -0.39 is 23.1 Å². The first kappa shape index (κ1) is 29.2. The van der Waals surface area contributed by atoms with E-state index in [4.69, 9.17) is 10.5 Å². The van der Waals surface area contributed by atoms with Crippen LogP contribution in [0.25, 0.3) is 11.0 Å². The number of likely N-dealkylation sites (tertiary alicyclic amines) is 1. The Morgan fingerprint density at radius 2 is 2.05 bits per heavy atom. The van der Waals surface area contributed by atoms with Crippen LogP contribution >= 0.6 is 0 Å². The van der Waals surface area contributed by atoms with Crippen LogP contribution in [0.2, 0.25) is 0 Å². The lowest BCUT2D eigenvalue weighted by atomic mass is 10.1. The number of amides is 2. The molecular weight excluding hydrogens is 546 g/mol. The van der Waals surface area contributed by atoms with Crippen molar-refractivity contribution in [2.75, 3.05) is 57.8 Å². The molecule has 3 N–H and O–H groups in total. The molecule has 13 heteroatoms. The zero-order valence-electron chi connectivity index (χ0n) is 23.5. The van der Waals surface area contributed by atoms with E-state index in [0.29, 0.717) is 57.1 Å². The number of nitrogens with two attached hydrogens (primary N) is 1. The van der Waals surface area contributed by atoms with Crippen LogP contribution in [0.15, 0.2) is 25.0 Å². The van der Waals surface area contributed by atoms with Gasteiger partial charge in [0, 0.05) is 45.3 Å². The number of carbonyl (C=O) groups is 2. The van der Waals surface area contributed by atoms with Crippen LogP contribution in [0, 0.1) is 23.5 Å². The third kappa shape index (κ3) is 5.86. The average molecular weight is 581 g/mol. The largest absolute Gasteiger partial charge is 0.379 e. The maximum absolute atomic E-state index is 15.3. The van der Waals surface area contributed by atoms with Gasteiger partial charge in [-0.1, -0.05) is 12.5 Å². The Morgan fingerprint density at radius 3 is 2.76 bits per heavy atom. The first-order valence-corrected chi connectivity index (χ1v) is 14.0. The van der Waals surface area contributed by atoms with Crippen LogP contribution < -0.4 is 11.1 Å². The number of halogens is 2. The molecule has 1 atom stereocenters. The third-order valence-corrected chi connectivity index (χ3v) is 7.65. The highest BCUT2D eigenvalue weighted by Crippen LogP contribution is 2.30. The fourth-order valence-electron chi connectivity index (χ4n) is 5.41. The Hall–Kier alpha value is -4.28. The van der Waals surface area contributed by atoms with Crippen molar-refractivity contribution in [3.63, 3.8) is 0 Å². The molecule has 0 saturated carbocycles. The number of aromatic nitrogens is 4. The summed E-state index contributed by atoms with van der Waals surface area (Å²) in [5.74, 6) is 2.87. The monoisotopic (exact) mass is 580 g/mol. The number of aryl methyl sites for hydroxylation is 1. The number of nitrogens with one attached hydrogen (secondary N) is 1. The summed E-state index contributed by atoms with van der Waals surface area (Å²) in [5, 5.41) is 7.88. The Bertz CT molecular complexity index is 1560. The minimum absolute atomic E-state index is 0.00348. The maximum Gasteiger partial charge on any atom is 0.255 e. The Kier molecular flexibility index (Phi) is 8.84. The lowest BCUT2D eigenvalue weighted by molar-refractivity contribution is -0.125. The number of morpholine rings is 1. The first-order chi connectivity index (χ1) is 20.3. The molecule has 1 aromatic carbocycles. The van der Waals surface area contributed by atoms with Crippen LogP contribution in [0.5, 0.6) is 0 Å². The van der Waals surface area contributed by atoms with Crippen molar-refractivity contribution >= 4 is 28.7 Å². The van der Waals surface area contributed by atoms with Gasteiger partial charge < -0.3 is 25.3 Å². The number of benzene rings is 1. The lowest BCUT2D eigenvalue weighted by Crippen LogP contribution is -2.37. The molecule has 2 aromatic heterocycles. The Morgan fingerprint density at radius 1 is 1.26 bits per heavy atom. The summed E-state index contributed by atoms with van der Waals surface area (Å²) in [6, 6.07) is 0.921. The van der Waals surface area contributed by atoms with Crippen molar-refractivity contribution in [2.45, 2.75) is 32.4 Å². The molecule has 2 saturated heterocycles. The topological polar surface area (TPSA) is 124 Å². The summed E-state index contributed by atoms with van der Waals surface area (Å²) >= 11 is 0. The number of carbonyl (C=O) groups excluding carboxylic acids is 2. The number of primary amides is 1. The van der Waals surface area contributed by atoms with Crippen molar-refractivity contribution in [3.8, 4) is 11.8 Å². The molecule has 0 unspecified atom stereocenters. The molecule has 2 aliphatic rings. The average Bonchev–Trinajstić information content (AvgIpc) is 3.72.